The molecule has 0 fully saturated rings. The van der Waals surface area contributed by atoms with Gasteiger partial charge in [0.05, 0.1) is 11.2 Å². The molecule has 0 aromatic heterocycles. The lowest BCUT2D eigenvalue weighted by atomic mass is 10.0. The Morgan fingerprint density at radius 3 is 2.17 bits per heavy atom. The lowest BCUT2D eigenvalue weighted by molar-refractivity contribution is 0.391. The van der Waals surface area contributed by atoms with Gasteiger partial charge in [-0.1, -0.05) is 24.3 Å². The van der Waals surface area contributed by atoms with E-state index in [-0.39, 0.29) is 4.90 Å². The predicted molar refractivity (Wildman–Crippen MR) is 92.7 cm³/mol. The average molecular weight is 366 g/mol. The van der Waals surface area contributed by atoms with Crippen molar-refractivity contribution in [3.8, 4) is 0 Å². The number of benzene rings is 2. The van der Waals surface area contributed by atoms with E-state index in [1.807, 2.05) is 24.3 Å². The summed E-state index contributed by atoms with van der Waals surface area (Å²) in [5.41, 5.74) is 2.53. The van der Waals surface area contributed by atoms with Crippen molar-refractivity contribution in [2.75, 3.05) is 17.5 Å². The number of sulfonamides is 2. The van der Waals surface area contributed by atoms with Gasteiger partial charge >= 0.3 is 0 Å². The fraction of sp³-hybridized carbons (Fsp3) is 0.250. The minimum Gasteiger partial charge on any atom is -0.284 e. The third kappa shape index (κ3) is 3.61. The van der Waals surface area contributed by atoms with Crippen molar-refractivity contribution in [2.24, 2.45) is 0 Å². The van der Waals surface area contributed by atoms with E-state index < -0.39 is 20.0 Å². The zero-order valence-electron chi connectivity index (χ0n) is 13.1. The summed E-state index contributed by atoms with van der Waals surface area (Å²) in [6, 6.07) is 13.6. The molecule has 0 atom stereocenters. The highest BCUT2D eigenvalue weighted by Crippen LogP contribution is 2.25. The third-order valence-corrected chi connectivity index (χ3v) is 6.36. The maximum absolute atomic E-state index is 12.8. The van der Waals surface area contributed by atoms with E-state index in [9.17, 15) is 16.8 Å². The Hall–Kier alpha value is -1.90. The maximum Gasteiger partial charge on any atom is 0.243 e. The Labute approximate surface area is 142 Å². The first-order valence-corrected chi connectivity index (χ1v) is 10.7. The van der Waals surface area contributed by atoms with Crippen molar-refractivity contribution >= 4 is 25.7 Å². The molecule has 128 valence electrons. The maximum atomic E-state index is 12.8. The highest BCUT2D eigenvalue weighted by molar-refractivity contribution is 7.92. The monoisotopic (exact) mass is 366 g/mol. The Balaban J connectivity index is 1.84. The van der Waals surface area contributed by atoms with E-state index in [0.717, 1.165) is 11.8 Å². The second-order valence-electron chi connectivity index (χ2n) is 5.76. The normalized spacial score (nSPS) is 15.7. The molecule has 0 aliphatic carbocycles. The van der Waals surface area contributed by atoms with Gasteiger partial charge in [0.25, 0.3) is 0 Å². The number of rotatable bonds is 4. The van der Waals surface area contributed by atoms with Gasteiger partial charge in [-0.05, 0) is 41.8 Å². The van der Waals surface area contributed by atoms with E-state index in [4.69, 9.17) is 0 Å². The molecule has 0 saturated carbocycles. The molecule has 0 spiro atoms. The van der Waals surface area contributed by atoms with Crippen LogP contribution in [0.15, 0.2) is 53.4 Å². The fourth-order valence-corrected chi connectivity index (χ4v) is 4.72. The second kappa shape index (κ2) is 6.19. The minimum absolute atomic E-state index is 0.154. The molecule has 24 heavy (non-hydrogen) atoms. The van der Waals surface area contributed by atoms with Gasteiger partial charge in [-0.2, -0.15) is 4.31 Å². The van der Waals surface area contributed by atoms with Crippen LogP contribution in [0.4, 0.5) is 5.69 Å². The highest BCUT2D eigenvalue weighted by atomic mass is 32.2. The average Bonchev–Trinajstić information content (AvgIpc) is 2.53. The molecule has 0 bridgehead atoms. The SMILES string of the molecule is CS(=O)(=O)Nc1ccc(S(=O)(=O)N2CCc3ccccc3C2)cc1. The molecule has 0 radical (unpaired) electrons. The molecule has 6 nitrogen and oxygen atoms in total. The van der Waals surface area contributed by atoms with E-state index in [1.54, 1.807) is 0 Å². The number of anilines is 1. The van der Waals surface area contributed by atoms with Crippen LogP contribution >= 0.6 is 0 Å². The molecule has 0 saturated heterocycles. The minimum atomic E-state index is -3.61. The Kier molecular flexibility index (Phi) is 4.37. The lowest BCUT2D eigenvalue weighted by Gasteiger charge is -2.28. The zero-order chi connectivity index (χ0) is 17.4. The second-order valence-corrected chi connectivity index (χ2v) is 9.44. The van der Waals surface area contributed by atoms with E-state index >= 15 is 0 Å². The molecule has 1 N–H and O–H groups in total. The van der Waals surface area contributed by atoms with E-state index in [0.29, 0.717) is 25.2 Å². The summed E-state index contributed by atoms with van der Waals surface area (Å²) in [5.74, 6) is 0. The van der Waals surface area contributed by atoms with Crippen molar-refractivity contribution in [1.29, 1.82) is 0 Å². The number of hydrogen-bond donors (Lipinski definition) is 1. The van der Waals surface area contributed by atoms with Crippen LogP contribution in [-0.4, -0.2) is 33.9 Å². The van der Waals surface area contributed by atoms with Gasteiger partial charge in [0.2, 0.25) is 20.0 Å². The van der Waals surface area contributed by atoms with Gasteiger partial charge in [0.15, 0.2) is 0 Å². The summed E-state index contributed by atoms with van der Waals surface area (Å²) in [5, 5.41) is 0. The van der Waals surface area contributed by atoms with Crippen molar-refractivity contribution < 1.29 is 16.8 Å². The molecule has 0 unspecified atom stereocenters. The van der Waals surface area contributed by atoms with Crippen LogP contribution in [0.25, 0.3) is 0 Å². The number of hydrogen-bond acceptors (Lipinski definition) is 4. The quantitative estimate of drug-likeness (QED) is 0.894. The molecule has 8 heteroatoms. The van der Waals surface area contributed by atoms with Crippen LogP contribution in [0, 0.1) is 0 Å². The van der Waals surface area contributed by atoms with Crippen LogP contribution in [-0.2, 0) is 33.0 Å². The van der Waals surface area contributed by atoms with Gasteiger partial charge in [-0.3, -0.25) is 4.72 Å². The Morgan fingerprint density at radius 2 is 1.54 bits per heavy atom. The first kappa shape index (κ1) is 16.9. The molecule has 0 amide bonds. The Morgan fingerprint density at radius 1 is 0.917 bits per heavy atom. The lowest BCUT2D eigenvalue weighted by Crippen LogP contribution is -2.35. The number of fused-ring (bicyclic) bond motifs is 1. The van der Waals surface area contributed by atoms with Crippen LogP contribution in [0.5, 0.6) is 0 Å². The molecular weight excluding hydrogens is 348 g/mol. The first-order valence-electron chi connectivity index (χ1n) is 7.40. The standard InChI is InChI=1S/C16H18N2O4S2/c1-23(19,20)17-15-6-8-16(9-7-15)24(21,22)18-11-10-13-4-2-3-5-14(13)12-18/h2-9,17H,10-12H2,1H3. The third-order valence-electron chi connectivity index (χ3n) is 3.89. The van der Waals surface area contributed by atoms with Crippen LogP contribution < -0.4 is 4.72 Å². The molecule has 2 aromatic carbocycles. The van der Waals surface area contributed by atoms with E-state index in [1.165, 1.54) is 34.1 Å². The Bertz CT molecular complexity index is 952. The molecule has 1 aliphatic heterocycles. The van der Waals surface area contributed by atoms with Crippen molar-refractivity contribution in [3.05, 3.63) is 59.7 Å². The van der Waals surface area contributed by atoms with Gasteiger partial charge in [-0.25, -0.2) is 16.8 Å². The number of nitrogens with zero attached hydrogens (tertiary/aromatic N) is 1. The van der Waals surface area contributed by atoms with Gasteiger partial charge in [-0.15, -0.1) is 0 Å². The van der Waals surface area contributed by atoms with Crippen LogP contribution in [0.1, 0.15) is 11.1 Å². The summed E-state index contributed by atoms with van der Waals surface area (Å²) in [6.45, 7) is 0.782. The molecular formula is C16H18N2O4S2. The molecule has 3 rings (SSSR count). The van der Waals surface area contributed by atoms with Crippen molar-refractivity contribution in [1.82, 2.24) is 4.31 Å². The largest absolute Gasteiger partial charge is 0.284 e. The summed E-state index contributed by atoms with van der Waals surface area (Å²) in [4.78, 5) is 0.154. The molecule has 1 heterocycles. The summed E-state index contributed by atoms with van der Waals surface area (Å²) in [7, 11) is -7.00. The first-order chi connectivity index (χ1) is 11.3. The zero-order valence-corrected chi connectivity index (χ0v) is 14.8. The molecule has 2 aromatic rings. The summed E-state index contributed by atoms with van der Waals surface area (Å²) >= 11 is 0. The predicted octanol–water partition coefficient (Wildman–Crippen LogP) is 1.81. The number of nitrogens with one attached hydrogen (secondary N) is 1. The highest BCUT2D eigenvalue weighted by Gasteiger charge is 2.28. The topological polar surface area (TPSA) is 83.5 Å². The van der Waals surface area contributed by atoms with Crippen molar-refractivity contribution in [2.45, 2.75) is 17.9 Å². The summed E-state index contributed by atoms with van der Waals surface area (Å²) < 4.78 is 51.7. The molecule has 1 aliphatic rings. The van der Waals surface area contributed by atoms with Gasteiger partial charge in [0.1, 0.15) is 0 Å². The summed E-state index contributed by atoms with van der Waals surface area (Å²) in [6.07, 6.45) is 1.73. The van der Waals surface area contributed by atoms with Gasteiger partial charge < -0.3 is 0 Å². The smallest absolute Gasteiger partial charge is 0.243 e. The van der Waals surface area contributed by atoms with E-state index in [2.05, 4.69) is 4.72 Å². The van der Waals surface area contributed by atoms with Crippen LogP contribution in [0.2, 0.25) is 0 Å². The van der Waals surface area contributed by atoms with Gasteiger partial charge in [0, 0.05) is 18.8 Å². The fourth-order valence-electron chi connectivity index (χ4n) is 2.73. The van der Waals surface area contributed by atoms with Crippen LogP contribution in [0.3, 0.4) is 0 Å². The van der Waals surface area contributed by atoms with Crippen molar-refractivity contribution in [3.63, 3.8) is 0 Å².